The number of nitrogens with zero attached hydrogens (tertiary/aromatic N) is 1. The Morgan fingerprint density at radius 2 is 2.00 bits per heavy atom. The molecule has 0 saturated heterocycles. The molecule has 118 valence electrons. The number of aromatic nitrogens is 1. The number of hydrogen-bond acceptors (Lipinski definition) is 4. The first kappa shape index (κ1) is 16.6. The minimum atomic E-state index is -1.23. The number of carboxylic acid groups (broad SMARTS) is 1. The Labute approximate surface area is 135 Å². The number of hydrogen-bond donors (Lipinski definition) is 1. The van der Waals surface area contributed by atoms with Crippen molar-refractivity contribution in [1.82, 2.24) is 4.98 Å². The van der Waals surface area contributed by atoms with Gasteiger partial charge in [0, 0.05) is 16.5 Å². The van der Waals surface area contributed by atoms with Crippen molar-refractivity contribution in [2.24, 2.45) is 0 Å². The third-order valence-electron chi connectivity index (χ3n) is 3.85. The standard InChI is InChI=1S/C17H22N2O2S/c1-5-19(17(2,3)4)10-12-8-6-7-9-13(12)15-18-14(11-22-15)16(20)21/h6-9,11H,5,10H2,1-4H3,(H,20,21). The van der Waals surface area contributed by atoms with E-state index in [0.717, 1.165) is 23.7 Å². The first-order valence-corrected chi connectivity index (χ1v) is 8.31. The van der Waals surface area contributed by atoms with Gasteiger partial charge in [0.1, 0.15) is 11.6 Å². The van der Waals surface area contributed by atoms with Gasteiger partial charge in [-0.25, -0.2) is 4.98 Å². The molecule has 0 saturated carbocycles. The zero-order valence-corrected chi connectivity index (χ0v) is 14.3. The average Bonchev–Trinajstić information content (AvgIpc) is 2.93. The molecule has 2 aromatic rings. The summed E-state index contributed by atoms with van der Waals surface area (Å²) in [6.45, 7) is 10.8. The predicted molar refractivity (Wildman–Crippen MR) is 86.8 cm³/mol. The number of thiazole rings is 1. The highest BCUT2D eigenvalue weighted by Crippen LogP contribution is 2.26. The SMILES string of the molecule is CC[NH+](Cc1ccccc1-c1nc(C(=O)[O-])cs1)C(C)(C)C. The van der Waals surface area contributed by atoms with Gasteiger partial charge >= 0.3 is 0 Å². The summed E-state index contributed by atoms with van der Waals surface area (Å²) in [5, 5.41) is 13.2. The molecule has 0 spiro atoms. The van der Waals surface area contributed by atoms with E-state index in [2.05, 4.69) is 38.7 Å². The van der Waals surface area contributed by atoms with Crippen molar-refractivity contribution in [3.63, 3.8) is 0 Å². The third kappa shape index (κ3) is 3.72. The van der Waals surface area contributed by atoms with Gasteiger partial charge in [0.05, 0.1) is 23.7 Å². The van der Waals surface area contributed by atoms with Gasteiger partial charge in [0.2, 0.25) is 0 Å². The lowest BCUT2D eigenvalue weighted by molar-refractivity contribution is -0.958. The molecule has 1 atom stereocenters. The highest BCUT2D eigenvalue weighted by Gasteiger charge is 2.25. The zero-order valence-electron chi connectivity index (χ0n) is 13.5. The number of nitrogens with one attached hydrogen (secondary N) is 1. The van der Waals surface area contributed by atoms with Crippen LogP contribution >= 0.6 is 11.3 Å². The van der Waals surface area contributed by atoms with Crippen LogP contribution in [-0.4, -0.2) is 23.0 Å². The van der Waals surface area contributed by atoms with Crippen molar-refractivity contribution in [2.45, 2.75) is 39.8 Å². The Morgan fingerprint density at radius 1 is 1.32 bits per heavy atom. The highest BCUT2D eigenvalue weighted by atomic mass is 32.1. The van der Waals surface area contributed by atoms with Crippen molar-refractivity contribution in [2.75, 3.05) is 6.54 Å². The van der Waals surface area contributed by atoms with Gasteiger partial charge < -0.3 is 14.8 Å². The molecule has 2 rings (SSSR count). The number of carbonyl (C=O) groups is 1. The second-order valence-corrected chi connectivity index (χ2v) is 7.22. The Kier molecular flexibility index (Phi) is 4.98. The van der Waals surface area contributed by atoms with Crippen molar-refractivity contribution >= 4 is 17.3 Å². The molecule has 0 aliphatic carbocycles. The van der Waals surface area contributed by atoms with Crippen LogP contribution in [-0.2, 0) is 6.54 Å². The summed E-state index contributed by atoms with van der Waals surface area (Å²) in [5.74, 6) is -1.23. The van der Waals surface area contributed by atoms with Crippen molar-refractivity contribution in [1.29, 1.82) is 0 Å². The maximum absolute atomic E-state index is 10.9. The first-order valence-electron chi connectivity index (χ1n) is 7.43. The Bertz CT molecular complexity index is 659. The summed E-state index contributed by atoms with van der Waals surface area (Å²) in [5.41, 5.74) is 2.36. The van der Waals surface area contributed by atoms with E-state index in [0.29, 0.717) is 0 Å². The molecule has 1 aromatic carbocycles. The van der Waals surface area contributed by atoms with Crippen LogP contribution in [0.1, 0.15) is 43.7 Å². The maximum atomic E-state index is 10.9. The fourth-order valence-corrected chi connectivity index (χ4v) is 3.37. The van der Waals surface area contributed by atoms with E-state index in [1.165, 1.54) is 27.2 Å². The lowest BCUT2D eigenvalue weighted by atomic mass is 10.0. The second-order valence-electron chi connectivity index (χ2n) is 6.37. The molecule has 0 fully saturated rings. The summed E-state index contributed by atoms with van der Waals surface area (Å²) in [4.78, 5) is 16.6. The molecule has 0 amide bonds. The van der Waals surface area contributed by atoms with Gasteiger partial charge in [0.15, 0.2) is 0 Å². The molecule has 4 nitrogen and oxygen atoms in total. The number of aromatic carboxylic acids is 1. The smallest absolute Gasteiger partial charge is 0.124 e. The van der Waals surface area contributed by atoms with E-state index in [9.17, 15) is 9.90 Å². The van der Waals surface area contributed by atoms with E-state index < -0.39 is 5.97 Å². The van der Waals surface area contributed by atoms with Crippen molar-refractivity contribution < 1.29 is 14.8 Å². The molecule has 0 aliphatic rings. The van der Waals surface area contributed by atoms with E-state index >= 15 is 0 Å². The van der Waals surface area contributed by atoms with Gasteiger partial charge in [-0.15, -0.1) is 11.3 Å². The number of carboxylic acids is 1. The molecule has 0 radical (unpaired) electrons. The summed E-state index contributed by atoms with van der Waals surface area (Å²) < 4.78 is 0. The van der Waals surface area contributed by atoms with Gasteiger partial charge in [-0.2, -0.15) is 0 Å². The molecule has 1 unspecified atom stereocenters. The lowest BCUT2D eigenvalue weighted by Gasteiger charge is -2.31. The Hall–Kier alpha value is -1.72. The van der Waals surface area contributed by atoms with Crippen LogP contribution in [0.5, 0.6) is 0 Å². The van der Waals surface area contributed by atoms with Crippen molar-refractivity contribution in [3.8, 4) is 10.6 Å². The highest BCUT2D eigenvalue weighted by molar-refractivity contribution is 7.13. The normalized spacial score (nSPS) is 13.1. The fraction of sp³-hybridized carbons (Fsp3) is 0.412. The van der Waals surface area contributed by atoms with E-state index in [4.69, 9.17) is 0 Å². The molecule has 0 bridgehead atoms. The lowest BCUT2D eigenvalue weighted by Crippen LogP contribution is -3.17. The topological polar surface area (TPSA) is 57.5 Å². The quantitative estimate of drug-likeness (QED) is 0.906. The number of quaternary nitrogens is 1. The van der Waals surface area contributed by atoms with Crippen LogP contribution in [0.3, 0.4) is 0 Å². The average molecular weight is 318 g/mol. The van der Waals surface area contributed by atoms with Crippen LogP contribution in [0.25, 0.3) is 10.6 Å². The van der Waals surface area contributed by atoms with Crippen LogP contribution in [0.4, 0.5) is 0 Å². The Morgan fingerprint density at radius 3 is 2.55 bits per heavy atom. The fourth-order valence-electron chi connectivity index (χ4n) is 2.52. The maximum Gasteiger partial charge on any atom is 0.124 e. The molecule has 5 heteroatoms. The predicted octanol–water partition coefficient (Wildman–Crippen LogP) is 1.38. The molecule has 1 aromatic heterocycles. The minimum absolute atomic E-state index is 0.00493. The molecular weight excluding hydrogens is 296 g/mol. The van der Waals surface area contributed by atoms with Crippen LogP contribution < -0.4 is 10.0 Å². The minimum Gasteiger partial charge on any atom is -0.543 e. The number of rotatable bonds is 5. The summed E-state index contributed by atoms with van der Waals surface area (Å²) in [6.07, 6.45) is 0. The molecule has 1 N–H and O–H groups in total. The van der Waals surface area contributed by atoms with Crippen LogP contribution in [0, 0.1) is 0 Å². The zero-order chi connectivity index (χ0) is 16.3. The van der Waals surface area contributed by atoms with Gasteiger partial charge in [-0.3, -0.25) is 0 Å². The number of carbonyl (C=O) groups excluding carboxylic acids is 1. The molecule has 22 heavy (non-hydrogen) atoms. The van der Waals surface area contributed by atoms with Gasteiger partial charge in [-0.1, -0.05) is 24.3 Å². The van der Waals surface area contributed by atoms with E-state index in [1.54, 1.807) is 0 Å². The van der Waals surface area contributed by atoms with Crippen LogP contribution in [0.2, 0.25) is 0 Å². The largest absolute Gasteiger partial charge is 0.543 e. The monoisotopic (exact) mass is 318 g/mol. The van der Waals surface area contributed by atoms with Gasteiger partial charge in [-0.05, 0) is 27.7 Å². The summed E-state index contributed by atoms with van der Waals surface area (Å²) in [7, 11) is 0. The number of benzene rings is 1. The van der Waals surface area contributed by atoms with E-state index in [-0.39, 0.29) is 11.2 Å². The summed E-state index contributed by atoms with van der Waals surface area (Å²) >= 11 is 1.35. The van der Waals surface area contributed by atoms with Crippen molar-refractivity contribution in [3.05, 3.63) is 40.9 Å². The second kappa shape index (κ2) is 6.58. The van der Waals surface area contributed by atoms with Gasteiger partial charge in [0.25, 0.3) is 0 Å². The molecule has 0 aliphatic heterocycles. The van der Waals surface area contributed by atoms with Crippen LogP contribution in [0.15, 0.2) is 29.6 Å². The van der Waals surface area contributed by atoms with E-state index in [1.807, 2.05) is 18.2 Å². The first-order chi connectivity index (χ1) is 10.3. The molecular formula is C17H22N2O2S. The Balaban J connectivity index is 2.36. The summed E-state index contributed by atoms with van der Waals surface area (Å²) in [6, 6.07) is 8.07. The molecule has 1 heterocycles. The third-order valence-corrected chi connectivity index (χ3v) is 4.73.